The number of piperazine rings is 1. The van der Waals surface area contributed by atoms with Crippen LogP contribution in [-0.4, -0.2) is 55.5 Å². The van der Waals surface area contributed by atoms with Crippen LogP contribution in [-0.2, 0) is 19.6 Å². The fourth-order valence-corrected chi connectivity index (χ4v) is 5.03. The SMILES string of the molecule is C[C@@]1(C(=O)NC2CCCCCC2)CN(S(C)(=O)=O)CC(=O)N1c1cc(F)ccc1F. The standard InChI is InChI=1S/C20H27F2N3O4S/c1-20(19(27)23-15-7-5-3-4-6-8-15)13-24(30(2,28)29)12-18(26)25(20)17-11-14(21)9-10-16(17)22/h9-11,15H,3-8,12-13H2,1-2H3,(H,23,27)/t20-/m0/s1. The van der Waals surface area contributed by atoms with Crippen molar-refractivity contribution < 1.29 is 26.8 Å². The summed E-state index contributed by atoms with van der Waals surface area (Å²) in [5, 5.41) is 2.92. The molecule has 30 heavy (non-hydrogen) atoms. The van der Waals surface area contributed by atoms with Crippen molar-refractivity contribution in [3.05, 3.63) is 29.8 Å². The van der Waals surface area contributed by atoms with Crippen LogP contribution in [0.2, 0.25) is 0 Å². The Bertz CT molecular complexity index is 932. The van der Waals surface area contributed by atoms with Gasteiger partial charge >= 0.3 is 0 Å². The summed E-state index contributed by atoms with van der Waals surface area (Å²) in [6, 6.07) is 2.53. The summed E-state index contributed by atoms with van der Waals surface area (Å²) in [5.41, 5.74) is -2.12. The lowest BCUT2D eigenvalue weighted by Crippen LogP contribution is -2.70. The lowest BCUT2D eigenvalue weighted by atomic mass is 9.93. The van der Waals surface area contributed by atoms with Crippen molar-refractivity contribution in [3.63, 3.8) is 0 Å². The molecule has 3 rings (SSSR count). The first-order valence-corrected chi connectivity index (χ1v) is 11.9. The largest absolute Gasteiger partial charge is 0.351 e. The second kappa shape index (κ2) is 8.58. The van der Waals surface area contributed by atoms with Gasteiger partial charge in [-0.1, -0.05) is 25.7 Å². The third-order valence-corrected chi connectivity index (χ3v) is 7.03. The molecule has 1 heterocycles. The molecule has 0 bridgehead atoms. The molecule has 1 aromatic rings. The van der Waals surface area contributed by atoms with Gasteiger partial charge in [-0.05, 0) is 31.9 Å². The van der Waals surface area contributed by atoms with Gasteiger partial charge in [-0.15, -0.1) is 0 Å². The number of hydrogen-bond acceptors (Lipinski definition) is 4. The van der Waals surface area contributed by atoms with E-state index in [1.807, 2.05) is 0 Å². The smallest absolute Gasteiger partial charge is 0.247 e. The van der Waals surface area contributed by atoms with E-state index in [2.05, 4.69) is 5.32 Å². The molecule has 1 aromatic carbocycles. The second-order valence-corrected chi connectivity index (χ2v) is 10.3. The number of benzene rings is 1. The molecule has 10 heteroatoms. The molecule has 1 aliphatic carbocycles. The van der Waals surface area contributed by atoms with E-state index in [-0.39, 0.29) is 18.3 Å². The average molecular weight is 444 g/mol. The predicted octanol–water partition coefficient (Wildman–Crippen LogP) is 2.17. The Morgan fingerprint density at radius 2 is 1.80 bits per heavy atom. The quantitative estimate of drug-likeness (QED) is 0.723. The first-order valence-electron chi connectivity index (χ1n) is 10.1. The maximum Gasteiger partial charge on any atom is 0.247 e. The Morgan fingerprint density at radius 3 is 2.40 bits per heavy atom. The summed E-state index contributed by atoms with van der Waals surface area (Å²) in [6.45, 7) is 0.478. The number of nitrogens with zero attached hydrogens (tertiary/aromatic N) is 2. The summed E-state index contributed by atoms with van der Waals surface area (Å²) >= 11 is 0. The van der Waals surface area contributed by atoms with E-state index >= 15 is 0 Å². The maximum absolute atomic E-state index is 14.6. The van der Waals surface area contributed by atoms with Gasteiger partial charge in [0.1, 0.15) is 17.2 Å². The molecule has 0 radical (unpaired) electrons. The van der Waals surface area contributed by atoms with E-state index in [4.69, 9.17) is 0 Å². The Hall–Kier alpha value is -2.07. The number of carbonyl (C=O) groups excluding carboxylic acids is 2. The van der Waals surface area contributed by atoms with E-state index < -0.39 is 45.6 Å². The van der Waals surface area contributed by atoms with Crippen molar-refractivity contribution in [1.29, 1.82) is 0 Å². The zero-order valence-corrected chi connectivity index (χ0v) is 18.0. The molecule has 2 aliphatic rings. The fourth-order valence-electron chi connectivity index (χ4n) is 4.20. The molecule has 0 aromatic heterocycles. The van der Waals surface area contributed by atoms with Crippen LogP contribution in [0.1, 0.15) is 45.4 Å². The molecule has 0 spiro atoms. The summed E-state index contributed by atoms with van der Waals surface area (Å²) in [7, 11) is -3.79. The normalized spacial score (nSPS) is 24.5. The third kappa shape index (κ3) is 4.64. The van der Waals surface area contributed by atoms with E-state index in [9.17, 15) is 26.8 Å². The molecule has 1 atom stereocenters. The number of amides is 2. The molecule has 1 saturated carbocycles. The molecule has 166 valence electrons. The molecule has 1 saturated heterocycles. The van der Waals surface area contributed by atoms with Crippen molar-refractivity contribution in [1.82, 2.24) is 9.62 Å². The first-order chi connectivity index (χ1) is 14.0. The van der Waals surface area contributed by atoms with Gasteiger partial charge in [0.05, 0.1) is 18.5 Å². The van der Waals surface area contributed by atoms with Gasteiger partial charge in [0.15, 0.2) is 0 Å². The second-order valence-electron chi connectivity index (χ2n) is 8.29. The Morgan fingerprint density at radius 1 is 1.17 bits per heavy atom. The van der Waals surface area contributed by atoms with Gasteiger partial charge in [-0.25, -0.2) is 17.2 Å². The molecule has 2 fully saturated rings. The minimum absolute atomic E-state index is 0.111. The Labute approximate surface area is 175 Å². The van der Waals surface area contributed by atoms with Gasteiger partial charge in [0, 0.05) is 18.7 Å². The van der Waals surface area contributed by atoms with E-state index in [1.165, 1.54) is 6.92 Å². The maximum atomic E-state index is 14.6. The number of anilines is 1. The van der Waals surface area contributed by atoms with E-state index in [0.29, 0.717) is 0 Å². The first kappa shape index (κ1) is 22.6. The minimum Gasteiger partial charge on any atom is -0.351 e. The molecule has 2 amide bonds. The van der Waals surface area contributed by atoms with Crippen LogP contribution < -0.4 is 10.2 Å². The summed E-state index contributed by atoms with van der Waals surface area (Å²) in [6.07, 6.45) is 6.56. The molecular formula is C20H27F2N3O4S. The van der Waals surface area contributed by atoms with Crippen LogP contribution in [0.15, 0.2) is 18.2 Å². The van der Waals surface area contributed by atoms with Crippen LogP contribution >= 0.6 is 0 Å². The van der Waals surface area contributed by atoms with Crippen molar-refractivity contribution >= 4 is 27.5 Å². The van der Waals surface area contributed by atoms with Crippen molar-refractivity contribution in [2.75, 3.05) is 24.2 Å². The van der Waals surface area contributed by atoms with Crippen LogP contribution in [0.5, 0.6) is 0 Å². The van der Waals surface area contributed by atoms with Crippen molar-refractivity contribution in [2.45, 2.75) is 57.0 Å². The van der Waals surface area contributed by atoms with Gasteiger partial charge < -0.3 is 5.32 Å². The molecular weight excluding hydrogens is 416 g/mol. The van der Waals surface area contributed by atoms with Gasteiger partial charge in [0.25, 0.3) is 0 Å². The third-order valence-electron chi connectivity index (χ3n) is 5.84. The highest BCUT2D eigenvalue weighted by Gasteiger charge is 2.51. The summed E-state index contributed by atoms with van der Waals surface area (Å²) in [4.78, 5) is 27.2. The van der Waals surface area contributed by atoms with Gasteiger partial charge in [0.2, 0.25) is 21.8 Å². The van der Waals surface area contributed by atoms with Crippen LogP contribution in [0.4, 0.5) is 14.5 Å². The minimum atomic E-state index is -3.79. The monoisotopic (exact) mass is 443 g/mol. The Kier molecular flexibility index (Phi) is 6.47. The topological polar surface area (TPSA) is 86.8 Å². The number of carbonyl (C=O) groups is 2. The zero-order chi connectivity index (χ0) is 22.1. The summed E-state index contributed by atoms with van der Waals surface area (Å²) < 4.78 is 53.6. The molecule has 1 aliphatic heterocycles. The Balaban J connectivity index is 2.01. The fraction of sp³-hybridized carbons (Fsp3) is 0.600. The van der Waals surface area contributed by atoms with Gasteiger partial charge in [-0.3, -0.25) is 14.5 Å². The summed E-state index contributed by atoms with van der Waals surface area (Å²) in [5.74, 6) is -3.02. The molecule has 0 unspecified atom stereocenters. The van der Waals surface area contributed by atoms with Crippen molar-refractivity contribution in [2.24, 2.45) is 0 Å². The lowest BCUT2D eigenvalue weighted by molar-refractivity contribution is -0.133. The molecule has 7 nitrogen and oxygen atoms in total. The van der Waals surface area contributed by atoms with E-state index in [1.54, 1.807) is 0 Å². The average Bonchev–Trinajstić information content (AvgIpc) is 2.92. The number of rotatable bonds is 4. The number of halogens is 2. The van der Waals surface area contributed by atoms with Crippen LogP contribution in [0.25, 0.3) is 0 Å². The van der Waals surface area contributed by atoms with Crippen LogP contribution in [0, 0.1) is 11.6 Å². The highest BCUT2D eigenvalue weighted by atomic mass is 32.2. The highest BCUT2D eigenvalue weighted by Crippen LogP contribution is 2.33. The van der Waals surface area contributed by atoms with E-state index in [0.717, 1.165) is 72.2 Å². The number of sulfonamides is 1. The predicted molar refractivity (Wildman–Crippen MR) is 108 cm³/mol. The van der Waals surface area contributed by atoms with Crippen molar-refractivity contribution in [3.8, 4) is 0 Å². The van der Waals surface area contributed by atoms with Gasteiger partial charge in [-0.2, -0.15) is 4.31 Å². The zero-order valence-electron chi connectivity index (χ0n) is 17.2. The van der Waals surface area contributed by atoms with Crippen LogP contribution in [0.3, 0.4) is 0 Å². The number of nitrogens with one attached hydrogen (secondary N) is 1. The highest BCUT2D eigenvalue weighted by molar-refractivity contribution is 7.88. The molecule has 1 N–H and O–H groups in total. The lowest BCUT2D eigenvalue weighted by Gasteiger charge is -2.46. The number of hydrogen-bond donors (Lipinski definition) is 1.